The van der Waals surface area contributed by atoms with E-state index in [1.54, 1.807) is 33.5 Å². The van der Waals surface area contributed by atoms with Crippen molar-refractivity contribution in [2.45, 2.75) is 64.8 Å². The van der Waals surface area contributed by atoms with E-state index in [4.69, 9.17) is 28.8 Å². The first-order chi connectivity index (χ1) is 19.3. The molecule has 0 aliphatic carbocycles. The molecule has 0 fully saturated rings. The average Bonchev–Trinajstić information content (AvgIpc) is 2.97. The number of alkyl halides is 1. The molecule has 0 aromatic rings. The third-order valence-corrected chi connectivity index (χ3v) is 6.44. The van der Waals surface area contributed by atoms with E-state index >= 15 is 0 Å². The van der Waals surface area contributed by atoms with Gasteiger partial charge < -0.3 is 28.8 Å². The van der Waals surface area contributed by atoms with Crippen LogP contribution in [0.5, 0.6) is 0 Å². The van der Waals surface area contributed by atoms with Crippen molar-refractivity contribution < 1.29 is 28.8 Å². The van der Waals surface area contributed by atoms with E-state index in [0.717, 1.165) is 31.0 Å². The lowest BCUT2D eigenvalue weighted by atomic mass is 9.91. The number of allylic oxidation sites excluding steroid dienone is 5. The van der Waals surface area contributed by atoms with Crippen molar-refractivity contribution >= 4 is 15.9 Å². The number of aliphatic hydroxyl groups excluding tert-OH is 1. The summed E-state index contributed by atoms with van der Waals surface area (Å²) in [5, 5.41) is 9.82. The number of hydrogen-bond donors (Lipinski definition) is 1. The quantitative estimate of drug-likeness (QED) is 0.0540. The van der Waals surface area contributed by atoms with Gasteiger partial charge in [0.1, 0.15) is 12.9 Å². The zero-order valence-electron chi connectivity index (χ0n) is 26.1. The molecule has 6 nitrogen and oxygen atoms in total. The second kappa shape index (κ2) is 33.9. The van der Waals surface area contributed by atoms with E-state index in [9.17, 15) is 0 Å². The highest BCUT2D eigenvalue weighted by Crippen LogP contribution is 2.17. The molecule has 1 N–H and O–H groups in total. The molecule has 0 aromatic heterocycles. The second-order valence-corrected chi connectivity index (χ2v) is 9.92. The van der Waals surface area contributed by atoms with Gasteiger partial charge in [0, 0.05) is 39.2 Å². The lowest BCUT2D eigenvalue weighted by Crippen LogP contribution is -2.37. The first-order valence-electron chi connectivity index (χ1n) is 14.0. The van der Waals surface area contributed by atoms with Crippen molar-refractivity contribution in [3.63, 3.8) is 0 Å². The smallest absolute Gasteiger partial charge is 0.146 e. The van der Waals surface area contributed by atoms with Crippen LogP contribution in [0.2, 0.25) is 0 Å². The maximum absolute atomic E-state index is 8.86. The molecule has 0 aliphatic rings. The molecule has 0 amide bonds. The zero-order valence-corrected chi connectivity index (χ0v) is 27.7. The Bertz CT molecular complexity index is 636. The van der Waals surface area contributed by atoms with Gasteiger partial charge in [-0.15, -0.1) is 26.3 Å². The van der Waals surface area contributed by atoms with Gasteiger partial charge in [0.15, 0.2) is 0 Å². The monoisotopic (exact) mass is 630 g/mol. The maximum atomic E-state index is 8.86. The number of aliphatic hydroxyl groups is 1. The van der Waals surface area contributed by atoms with Crippen LogP contribution < -0.4 is 0 Å². The number of hydrogen-bond acceptors (Lipinski definition) is 6. The molecule has 0 heterocycles. The zero-order chi connectivity index (χ0) is 31.0. The van der Waals surface area contributed by atoms with Crippen molar-refractivity contribution in [2.24, 2.45) is 17.8 Å². The summed E-state index contributed by atoms with van der Waals surface area (Å²) in [5.74, 6) is 0.755. The second-order valence-electron chi connectivity index (χ2n) is 9.27. The van der Waals surface area contributed by atoms with Gasteiger partial charge in [-0.2, -0.15) is 0 Å². The third-order valence-electron chi connectivity index (χ3n) is 6.07. The lowest BCUT2D eigenvalue weighted by molar-refractivity contribution is -0.134. The Labute approximate surface area is 255 Å². The van der Waals surface area contributed by atoms with Crippen LogP contribution in [0.3, 0.4) is 0 Å². The Morgan fingerprint density at radius 1 is 0.750 bits per heavy atom. The van der Waals surface area contributed by atoms with Gasteiger partial charge in [0.2, 0.25) is 0 Å². The number of rotatable bonds is 23. The molecule has 0 unspecified atom stereocenters. The van der Waals surface area contributed by atoms with Crippen molar-refractivity contribution in [1.82, 2.24) is 0 Å². The minimum Gasteiger partial charge on any atom is -0.396 e. The van der Waals surface area contributed by atoms with Crippen LogP contribution in [-0.4, -0.2) is 76.7 Å². The Morgan fingerprint density at radius 2 is 1.30 bits per heavy atom. The summed E-state index contributed by atoms with van der Waals surface area (Å²) in [4.78, 5) is 0. The Morgan fingerprint density at radius 3 is 1.73 bits per heavy atom. The van der Waals surface area contributed by atoms with Crippen LogP contribution >= 0.6 is 15.9 Å². The summed E-state index contributed by atoms with van der Waals surface area (Å²) in [7, 11) is 4.90. The summed E-state index contributed by atoms with van der Waals surface area (Å²) in [6.45, 7) is 22.5. The Balaban J connectivity index is -0.000000598. The maximum Gasteiger partial charge on any atom is 0.146 e. The van der Waals surface area contributed by atoms with E-state index in [2.05, 4.69) is 74.3 Å². The molecule has 0 rings (SSSR count). The highest BCUT2D eigenvalue weighted by atomic mass is 79.9. The highest BCUT2D eigenvalue weighted by Gasteiger charge is 2.26. The summed E-state index contributed by atoms with van der Waals surface area (Å²) in [6.07, 6.45) is 19.7. The van der Waals surface area contributed by atoms with E-state index in [-0.39, 0.29) is 43.5 Å². The topological polar surface area (TPSA) is 66.4 Å². The molecule has 40 heavy (non-hydrogen) atoms. The number of ether oxygens (including phenoxy) is 5. The van der Waals surface area contributed by atoms with Crippen LogP contribution in [0.25, 0.3) is 0 Å². The summed E-state index contributed by atoms with van der Waals surface area (Å²) in [6, 6.07) is 0. The van der Waals surface area contributed by atoms with Gasteiger partial charge in [-0.1, -0.05) is 85.3 Å². The molecule has 6 atom stereocenters. The standard InChI is InChI=1S/C17H30O4.C9H18O2.C7H11Br/c1-6-8-9-10-11-12-20-13-15(3)17(21-14-18-4)16(7-2)19-5;1-5-9(11-4)8(3)7(2)6-10;1-2-3-4-5-6-7-8/h6-7,10-11,15-17H,1-2,8-9,12-14H2,3-5H3;5,7-10H,1,6H2,2-4H3;2,5-6H,1,3-4,7H2/b11-10+;;6-5+/t15-,16+,17+;7-,8+,9+;/m11./s1. The summed E-state index contributed by atoms with van der Waals surface area (Å²) in [5.41, 5.74) is 0. The molecule has 7 heteroatoms. The van der Waals surface area contributed by atoms with Crippen LogP contribution in [0, 0.1) is 17.8 Å². The Kier molecular flexibility index (Phi) is 36.5. The lowest BCUT2D eigenvalue weighted by Gasteiger charge is -2.28. The van der Waals surface area contributed by atoms with Crippen molar-refractivity contribution in [1.29, 1.82) is 0 Å². The summed E-state index contributed by atoms with van der Waals surface area (Å²) >= 11 is 3.29. The minimum absolute atomic E-state index is 0.0529. The third kappa shape index (κ3) is 25.6. The predicted octanol–water partition coefficient (Wildman–Crippen LogP) is 7.71. The largest absolute Gasteiger partial charge is 0.396 e. The molecule has 0 bridgehead atoms. The average molecular weight is 632 g/mol. The van der Waals surface area contributed by atoms with Crippen LogP contribution in [-0.2, 0) is 23.7 Å². The van der Waals surface area contributed by atoms with E-state index in [1.807, 2.05) is 25.2 Å². The van der Waals surface area contributed by atoms with Crippen molar-refractivity contribution in [2.75, 3.05) is 53.3 Å². The van der Waals surface area contributed by atoms with E-state index < -0.39 is 0 Å². The molecule has 0 saturated carbocycles. The van der Waals surface area contributed by atoms with Crippen LogP contribution in [0.15, 0.2) is 74.9 Å². The fourth-order valence-corrected chi connectivity index (χ4v) is 3.59. The number of methoxy groups -OCH3 is 3. The molecule has 234 valence electrons. The van der Waals surface area contributed by atoms with Gasteiger partial charge in [-0.3, -0.25) is 0 Å². The van der Waals surface area contributed by atoms with E-state index in [0.29, 0.717) is 19.1 Å². The van der Waals surface area contributed by atoms with Crippen molar-refractivity contribution in [3.8, 4) is 0 Å². The molecular weight excluding hydrogens is 572 g/mol. The van der Waals surface area contributed by atoms with E-state index in [1.165, 1.54) is 0 Å². The van der Waals surface area contributed by atoms with Gasteiger partial charge in [-0.25, -0.2) is 0 Å². The van der Waals surface area contributed by atoms with Gasteiger partial charge in [0.05, 0.1) is 25.4 Å². The molecule has 0 aromatic carbocycles. The predicted molar refractivity (Wildman–Crippen MR) is 175 cm³/mol. The molecule has 0 spiro atoms. The highest BCUT2D eigenvalue weighted by molar-refractivity contribution is 9.09. The van der Waals surface area contributed by atoms with Gasteiger partial charge in [0.25, 0.3) is 0 Å². The van der Waals surface area contributed by atoms with Gasteiger partial charge >= 0.3 is 0 Å². The van der Waals surface area contributed by atoms with Crippen LogP contribution in [0.4, 0.5) is 0 Å². The molecule has 0 aliphatic heterocycles. The fraction of sp³-hybridized carbons (Fsp3) is 0.636. The molecule has 0 radical (unpaired) electrons. The number of halogens is 1. The Hall–Kier alpha value is -1.32. The first kappa shape index (κ1) is 43.1. The SMILES string of the molecule is C=CCC/C=C/CBr.C=CCC/C=C/COC[C@@H](C)[C@H](OCOC)[C@H](C=C)OC.C=C[C@H](OC)[C@@H](C)[C@H](C)CO. The molecular formula is C33H59BrO6. The minimum atomic E-state index is -0.179. The number of unbranched alkanes of at least 4 members (excludes halogenated alkanes) is 2. The van der Waals surface area contributed by atoms with Gasteiger partial charge in [-0.05, 0) is 37.5 Å². The summed E-state index contributed by atoms with van der Waals surface area (Å²) < 4.78 is 26.8. The molecule has 0 saturated heterocycles. The first-order valence-corrected chi connectivity index (χ1v) is 15.1. The normalized spacial score (nSPS) is 15.5. The van der Waals surface area contributed by atoms with Crippen molar-refractivity contribution in [3.05, 3.63) is 74.9 Å². The van der Waals surface area contributed by atoms with Crippen LogP contribution in [0.1, 0.15) is 46.5 Å². The fourth-order valence-electron chi connectivity index (χ4n) is 3.32.